The molecule has 1 saturated heterocycles. The quantitative estimate of drug-likeness (QED) is 0.924. The van der Waals surface area contributed by atoms with Crippen molar-refractivity contribution in [3.05, 3.63) is 40.5 Å². The van der Waals surface area contributed by atoms with Gasteiger partial charge in [-0.1, -0.05) is 19.3 Å². The van der Waals surface area contributed by atoms with E-state index < -0.39 is 0 Å². The van der Waals surface area contributed by atoms with Crippen molar-refractivity contribution in [3.8, 4) is 0 Å². The summed E-state index contributed by atoms with van der Waals surface area (Å²) >= 11 is 1.37. The highest BCUT2D eigenvalue weighted by Gasteiger charge is 2.22. The summed E-state index contributed by atoms with van der Waals surface area (Å²) in [5.41, 5.74) is 1.02. The molecule has 2 aromatic rings. The smallest absolute Gasteiger partial charge is 0.266 e. The molecule has 0 radical (unpaired) electrons. The molecule has 122 valence electrons. The van der Waals surface area contributed by atoms with Gasteiger partial charge in [0.1, 0.15) is 11.1 Å². The van der Waals surface area contributed by atoms with Crippen LogP contribution in [0, 0.1) is 0 Å². The summed E-state index contributed by atoms with van der Waals surface area (Å²) in [6, 6.07) is 3.38. The Labute approximate surface area is 139 Å². The molecule has 0 bridgehead atoms. The van der Waals surface area contributed by atoms with E-state index in [4.69, 9.17) is 4.42 Å². The van der Waals surface area contributed by atoms with Crippen LogP contribution in [0.2, 0.25) is 0 Å². The SMILES string of the molecule is O=C(Nc1ccsc1C(=O)N1CCCCCCC1)c1ccoc1. The number of anilines is 1. The lowest BCUT2D eigenvalue weighted by Gasteiger charge is -2.24. The normalized spacial score (nSPS) is 15.7. The van der Waals surface area contributed by atoms with Crippen LogP contribution >= 0.6 is 11.3 Å². The van der Waals surface area contributed by atoms with Gasteiger partial charge in [-0.2, -0.15) is 0 Å². The van der Waals surface area contributed by atoms with Crippen molar-refractivity contribution >= 4 is 28.8 Å². The number of furan rings is 1. The lowest BCUT2D eigenvalue weighted by atomic mass is 10.1. The second-order valence-corrected chi connectivity index (χ2v) is 6.61. The minimum Gasteiger partial charge on any atom is -0.472 e. The van der Waals surface area contributed by atoms with Crippen LogP contribution in [0.1, 0.15) is 52.1 Å². The number of carbonyl (C=O) groups excluding carboxylic acids is 2. The molecule has 5 nitrogen and oxygen atoms in total. The molecule has 23 heavy (non-hydrogen) atoms. The monoisotopic (exact) mass is 332 g/mol. The predicted octanol–water partition coefficient (Wildman–Crippen LogP) is 4.00. The summed E-state index contributed by atoms with van der Waals surface area (Å²) in [5, 5.41) is 4.64. The number of hydrogen-bond acceptors (Lipinski definition) is 4. The highest BCUT2D eigenvalue weighted by molar-refractivity contribution is 7.12. The first-order valence-electron chi connectivity index (χ1n) is 7.96. The topological polar surface area (TPSA) is 62.6 Å². The van der Waals surface area contributed by atoms with E-state index in [1.54, 1.807) is 12.1 Å². The van der Waals surface area contributed by atoms with Crippen molar-refractivity contribution in [3.63, 3.8) is 0 Å². The van der Waals surface area contributed by atoms with Crippen LogP contribution in [0.25, 0.3) is 0 Å². The Balaban J connectivity index is 1.71. The highest BCUT2D eigenvalue weighted by Crippen LogP contribution is 2.26. The van der Waals surface area contributed by atoms with Crippen molar-refractivity contribution in [2.75, 3.05) is 18.4 Å². The van der Waals surface area contributed by atoms with Crippen molar-refractivity contribution in [2.24, 2.45) is 0 Å². The average Bonchev–Trinajstić information content (AvgIpc) is 3.17. The third-order valence-electron chi connectivity index (χ3n) is 4.03. The molecule has 0 spiro atoms. The van der Waals surface area contributed by atoms with Crippen LogP contribution in [-0.2, 0) is 0 Å². The summed E-state index contributed by atoms with van der Waals surface area (Å²) < 4.78 is 4.92. The lowest BCUT2D eigenvalue weighted by molar-refractivity contribution is 0.0748. The van der Waals surface area contributed by atoms with Crippen LogP contribution in [0.3, 0.4) is 0 Å². The molecule has 3 heterocycles. The summed E-state index contributed by atoms with van der Waals surface area (Å²) in [6.07, 6.45) is 8.56. The van der Waals surface area contributed by atoms with Gasteiger partial charge in [0.25, 0.3) is 11.8 Å². The Morgan fingerprint density at radius 2 is 1.83 bits per heavy atom. The van der Waals surface area contributed by atoms with Gasteiger partial charge in [0, 0.05) is 13.1 Å². The van der Waals surface area contributed by atoms with Gasteiger partial charge in [0.05, 0.1) is 17.5 Å². The molecule has 1 aliphatic heterocycles. The minimum absolute atomic E-state index is 0.0180. The zero-order chi connectivity index (χ0) is 16.1. The van der Waals surface area contributed by atoms with E-state index in [1.807, 2.05) is 10.3 Å². The zero-order valence-electron chi connectivity index (χ0n) is 12.9. The van der Waals surface area contributed by atoms with E-state index in [2.05, 4.69) is 5.32 Å². The standard InChI is InChI=1S/C17H20N2O3S/c20-16(13-6-10-22-12-13)18-14-7-11-23-15(14)17(21)19-8-4-2-1-3-5-9-19/h6-7,10-12H,1-5,8-9H2,(H,18,20). The summed E-state index contributed by atoms with van der Waals surface area (Å²) in [4.78, 5) is 27.4. The molecule has 2 aromatic heterocycles. The van der Waals surface area contributed by atoms with Gasteiger partial charge in [0.15, 0.2) is 0 Å². The lowest BCUT2D eigenvalue weighted by Crippen LogP contribution is -2.33. The first-order valence-corrected chi connectivity index (χ1v) is 8.84. The van der Waals surface area contributed by atoms with Crippen molar-refractivity contribution in [1.29, 1.82) is 0 Å². The molecule has 1 fully saturated rings. The second kappa shape index (κ2) is 7.46. The number of rotatable bonds is 3. The maximum absolute atomic E-state index is 12.8. The molecular formula is C17H20N2O3S. The van der Waals surface area contributed by atoms with Gasteiger partial charge in [-0.15, -0.1) is 11.3 Å². The molecule has 6 heteroatoms. The molecule has 0 aromatic carbocycles. The molecule has 1 aliphatic rings. The van der Waals surface area contributed by atoms with Gasteiger partial charge in [-0.05, 0) is 30.4 Å². The zero-order valence-corrected chi connectivity index (χ0v) is 13.7. The molecule has 0 aliphatic carbocycles. The average molecular weight is 332 g/mol. The molecular weight excluding hydrogens is 312 g/mol. The number of likely N-dealkylation sites (tertiary alicyclic amines) is 1. The molecule has 1 N–H and O–H groups in total. The largest absolute Gasteiger partial charge is 0.472 e. The van der Waals surface area contributed by atoms with Gasteiger partial charge >= 0.3 is 0 Å². The molecule has 0 atom stereocenters. The second-order valence-electron chi connectivity index (χ2n) is 5.69. The van der Waals surface area contributed by atoms with Crippen molar-refractivity contribution in [2.45, 2.75) is 32.1 Å². The van der Waals surface area contributed by atoms with Crippen LogP contribution in [-0.4, -0.2) is 29.8 Å². The van der Waals surface area contributed by atoms with E-state index in [0.717, 1.165) is 25.9 Å². The van der Waals surface area contributed by atoms with Crippen molar-refractivity contribution in [1.82, 2.24) is 4.90 Å². The van der Waals surface area contributed by atoms with Gasteiger partial charge in [-0.3, -0.25) is 9.59 Å². The van der Waals surface area contributed by atoms with Gasteiger partial charge in [0.2, 0.25) is 0 Å². The number of hydrogen-bond donors (Lipinski definition) is 1. The fourth-order valence-electron chi connectivity index (χ4n) is 2.76. The van der Waals surface area contributed by atoms with Gasteiger partial charge in [-0.25, -0.2) is 0 Å². The molecule has 0 saturated carbocycles. The molecule has 3 rings (SSSR count). The number of thiophene rings is 1. The Kier molecular flexibility index (Phi) is 5.12. The maximum atomic E-state index is 12.8. The van der Waals surface area contributed by atoms with Crippen LogP contribution in [0.5, 0.6) is 0 Å². The van der Waals surface area contributed by atoms with Crippen LogP contribution in [0.15, 0.2) is 34.5 Å². The first-order chi connectivity index (χ1) is 11.3. The number of nitrogens with zero attached hydrogens (tertiary/aromatic N) is 1. The molecule has 0 unspecified atom stereocenters. The Morgan fingerprint density at radius 1 is 1.09 bits per heavy atom. The Bertz CT molecular complexity index is 655. The fourth-order valence-corrected chi connectivity index (χ4v) is 3.57. The Hall–Kier alpha value is -2.08. The number of amides is 2. The third-order valence-corrected chi connectivity index (χ3v) is 4.94. The summed E-state index contributed by atoms with van der Waals surface area (Å²) in [6.45, 7) is 1.59. The maximum Gasteiger partial charge on any atom is 0.266 e. The van der Waals surface area contributed by atoms with E-state index in [9.17, 15) is 9.59 Å². The van der Waals surface area contributed by atoms with E-state index >= 15 is 0 Å². The third kappa shape index (κ3) is 3.82. The van der Waals surface area contributed by atoms with Gasteiger partial charge < -0.3 is 14.6 Å². The van der Waals surface area contributed by atoms with E-state index in [0.29, 0.717) is 16.1 Å². The van der Waals surface area contributed by atoms with Crippen LogP contribution < -0.4 is 5.32 Å². The first kappa shape index (κ1) is 15.8. The predicted molar refractivity (Wildman–Crippen MR) is 90.0 cm³/mol. The fraction of sp³-hybridized carbons (Fsp3) is 0.412. The van der Waals surface area contributed by atoms with Crippen LogP contribution in [0.4, 0.5) is 5.69 Å². The number of nitrogens with one attached hydrogen (secondary N) is 1. The highest BCUT2D eigenvalue weighted by atomic mass is 32.1. The summed E-state index contributed by atoms with van der Waals surface area (Å²) in [7, 11) is 0. The van der Waals surface area contributed by atoms with E-state index in [1.165, 1.54) is 43.1 Å². The van der Waals surface area contributed by atoms with E-state index in [-0.39, 0.29) is 11.8 Å². The molecule has 2 amide bonds. The summed E-state index contributed by atoms with van der Waals surface area (Å²) in [5.74, 6) is -0.247. The minimum atomic E-state index is -0.265. The number of carbonyl (C=O) groups is 2. The Morgan fingerprint density at radius 3 is 2.52 bits per heavy atom. The van der Waals surface area contributed by atoms with Crippen molar-refractivity contribution < 1.29 is 14.0 Å².